The van der Waals surface area contributed by atoms with Gasteiger partial charge in [0.1, 0.15) is 6.61 Å². The van der Waals surface area contributed by atoms with E-state index in [0.29, 0.717) is 12.4 Å². The van der Waals surface area contributed by atoms with Crippen molar-refractivity contribution >= 4 is 51.3 Å². The summed E-state index contributed by atoms with van der Waals surface area (Å²) in [6.45, 7) is 9.03. The Morgan fingerprint density at radius 2 is 1.22 bits per heavy atom. The van der Waals surface area contributed by atoms with E-state index in [1.807, 2.05) is 25.1 Å². The molecule has 8 aromatic carbocycles. The number of aliphatic carboxylic acids is 1. The SMILES string of the molecule is CCCCCCc1ccc(-n2c3ccccc3c3ccc(-c4ccc(N(c5ccc(-c6ccc7c(c6)C(COC=O)(CC(=O)O)c6cc(C)ccc6-7)cc5)c5ccc(C(C)C)cc5)cc4)cc32)cc1. The highest BCUT2D eigenvalue weighted by Crippen LogP contribution is 2.52. The lowest BCUT2D eigenvalue weighted by atomic mass is 9.75. The molecule has 0 saturated heterocycles. The number of hydrogen-bond donors (Lipinski definition) is 1. The third kappa shape index (κ3) is 8.61. The number of nitrogens with zero attached hydrogens (tertiary/aromatic N) is 2. The Bertz CT molecular complexity index is 3310. The molecule has 0 radical (unpaired) electrons. The van der Waals surface area contributed by atoms with Crippen molar-refractivity contribution in [1.29, 1.82) is 0 Å². The van der Waals surface area contributed by atoms with E-state index in [1.165, 1.54) is 64.3 Å². The van der Waals surface area contributed by atoms with Crippen LogP contribution < -0.4 is 4.90 Å². The number of benzene rings is 8. The zero-order valence-corrected chi connectivity index (χ0v) is 39.9. The van der Waals surface area contributed by atoms with E-state index in [4.69, 9.17) is 4.74 Å². The van der Waals surface area contributed by atoms with E-state index in [2.05, 4.69) is 188 Å². The lowest BCUT2D eigenvalue weighted by Gasteiger charge is -2.30. The number of carbonyl (C=O) groups excluding carboxylic acids is 1. The van der Waals surface area contributed by atoms with Crippen molar-refractivity contribution in [3.8, 4) is 39.1 Å². The number of aromatic nitrogens is 1. The summed E-state index contributed by atoms with van der Waals surface area (Å²) in [6, 6.07) is 63.4. The van der Waals surface area contributed by atoms with E-state index < -0.39 is 11.4 Å². The van der Waals surface area contributed by atoms with Crippen LogP contribution in [-0.4, -0.2) is 28.7 Å². The Balaban J connectivity index is 0.992. The molecule has 344 valence electrons. The van der Waals surface area contributed by atoms with Gasteiger partial charge in [-0.2, -0.15) is 0 Å². The standard InChI is InChI=1S/C63H58N2O4/c1-5-6-7-8-11-44-15-25-53(26-16-44)65-60-13-10-9-12-56(60)57-35-24-49(38-61(57)65)47-21-31-52(32-22-47)64(50-27-17-45(18-28-50)42(2)3)51-29-19-46(20-30-51)48-23-34-55-54-33-14-43(4)36-58(54)63(39-62(67)68,40-69-41-66)59(55)37-48/h9-10,12-38,41-42H,5-8,11,39-40H2,1-4H3,(H,67,68). The van der Waals surface area contributed by atoms with Gasteiger partial charge in [0.2, 0.25) is 0 Å². The van der Waals surface area contributed by atoms with Gasteiger partial charge in [-0.15, -0.1) is 0 Å². The van der Waals surface area contributed by atoms with Crippen LogP contribution in [0.1, 0.15) is 86.6 Å². The van der Waals surface area contributed by atoms with Crippen LogP contribution in [0.25, 0.3) is 60.9 Å². The zero-order chi connectivity index (χ0) is 47.6. The van der Waals surface area contributed by atoms with Gasteiger partial charge in [-0.05, 0) is 148 Å². The Morgan fingerprint density at radius 1 is 0.638 bits per heavy atom. The largest absolute Gasteiger partial charge is 0.481 e. The van der Waals surface area contributed by atoms with Crippen LogP contribution in [0.4, 0.5) is 17.1 Å². The number of carbonyl (C=O) groups is 2. The first-order valence-corrected chi connectivity index (χ1v) is 24.4. The molecule has 1 aromatic heterocycles. The molecule has 1 N–H and O–H groups in total. The van der Waals surface area contributed by atoms with E-state index in [0.717, 1.165) is 73.6 Å². The third-order valence-corrected chi connectivity index (χ3v) is 14.3. The average molecular weight is 907 g/mol. The van der Waals surface area contributed by atoms with Crippen LogP contribution in [0.5, 0.6) is 0 Å². The number of para-hydroxylation sites is 1. The zero-order valence-electron chi connectivity index (χ0n) is 39.9. The van der Waals surface area contributed by atoms with Crippen molar-refractivity contribution in [2.75, 3.05) is 11.5 Å². The molecule has 0 aliphatic heterocycles. The summed E-state index contributed by atoms with van der Waals surface area (Å²) in [5.74, 6) is -0.547. The molecule has 69 heavy (non-hydrogen) atoms. The number of ether oxygens (including phenoxy) is 1. The first-order valence-electron chi connectivity index (χ1n) is 24.4. The topological polar surface area (TPSA) is 71.8 Å². The second kappa shape index (κ2) is 19.1. The normalized spacial score (nSPS) is 14.0. The number of carboxylic acids is 1. The van der Waals surface area contributed by atoms with Crippen molar-refractivity contribution in [2.24, 2.45) is 0 Å². The fraction of sp³-hybridized carbons (Fsp3) is 0.206. The fourth-order valence-corrected chi connectivity index (χ4v) is 10.7. The molecule has 0 bridgehead atoms. The molecule has 9 aromatic rings. The predicted octanol–water partition coefficient (Wildman–Crippen LogP) is 16.1. The van der Waals surface area contributed by atoms with E-state index >= 15 is 0 Å². The monoisotopic (exact) mass is 906 g/mol. The number of unbranched alkanes of at least 4 members (excludes halogenated alkanes) is 3. The van der Waals surface area contributed by atoms with Crippen LogP contribution in [0.15, 0.2) is 176 Å². The Hall–Kier alpha value is -7.70. The molecular weight excluding hydrogens is 849 g/mol. The minimum Gasteiger partial charge on any atom is -0.481 e. The lowest BCUT2D eigenvalue weighted by Crippen LogP contribution is -2.34. The number of rotatable bonds is 17. The molecular formula is C63H58N2O4. The first kappa shape index (κ1) is 45.1. The summed E-state index contributed by atoms with van der Waals surface area (Å²) in [5.41, 5.74) is 17.2. The summed E-state index contributed by atoms with van der Waals surface area (Å²) >= 11 is 0. The molecule has 0 fully saturated rings. The second-order valence-electron chi connectivity index (χ2n) is 19.1. The molecule has 0 amide bonds. The lowest BCUT2D eigenvalue weighted by molar-refractivity contribution is -0.140. The Labute approximate surface area is 405 Å². The molecule has 1 heterocycles. The van der Waals surface area contributed by atoms with Crippen LogP contribution in [0.2, 0.25) is 0 Å². The second-order valence-corrected chi connectivity index (χ2v) is 19.1. The Kier molecular flexibility index (Phi) is 12.5. The molecule has 1 aliphatic carbocycles. The molecule has 10 rings (SSSR count). The van der Waals surface area contributed by atoms with Crippen molar-refractivity contribution in [3.05, 3.63) is 204 Å². The molecule has 6 heteroatoms. The maximum atomic E-state index is 12.5. The van der Waals surface area contributed by atoms with Gasteiger partial charge in [-0.25, -0.2) is 0 Å². The molecule has 0 saturated carbocycles. The van der Waals surface area contributed by atoms with Crippen LogP contribution in [-0.2, 0) is 26.2 Å². The summed E-state index contributed by atoms with van der Waals surface area (Å²) in [4.78, 5) is 26.4. The predicted molar refractivity (Wildman–Crippen MR) is 283 cm³/mol. The van der Waals surface area contributed by atoms with Crippen molar-refractivity contribution < 1.29 is 19.4 Å². The van der Waals surface area contributed by atoms with Crippen molar-refractivity contribution in [3.63, 3.8) is 0 Å². The minimum atomic E-state index is -1.02. The van der Waals surface area contributed by atoms with Crippen LogP contribution in [0, 0.1) is 6.92 Å². The maximum Gasteiger partial charge on any atom is 0.304 e. The average Bonchev–Trinajstić information content (AvgIpc) is 3.83. The summed E-state index contributed by atoms with van der Waals surface area (Å²) in [5, 5.41) is 12.7. The maximum absolute atomic E-state index is 12.5. The quantitative estimate of drug-likeness (QED) is 0.0728. The van der Waals surface area contributed by atoms with Gasteiger partial charge in [0, 0.05) is 33.5 Å². The summed E-state index contributed by atoms with van der Waals surface area (Å²) in [7, 11) is 0. The van der Waals surface area contributed by atoms with Crippen molar-refractivity contribution in [2.45, 2.75) is 77.6 Å². The number of aryl methyl sites for hydroxylation is 2. The number of hydrogen-bond acceptors (Lipinski definition) is 4. The van der Waals surface area contributed by atoms with Gasteiger partial charge >= 0.3 is 5.97 Å². The number of carboxylic acid groups (broad SMARTS) is 1. The van der Waals surface area contributed by atoms with E-state index in [9.17, 15) is 14.7 Å². The molecule has 1 aliphatic rings. The molecule has 0 spiro atoms. The van der Waals surface area contributed by atoms with Crippen LogP contribution >= 0.6 is 0 Å². The van der Waals surface area contributed by atoms with Crippen LogP contribution in [0.3, 0.4) is 0 Å². The summed E-state index contributed by atoms with van der Waals surface area (Å²) < 4.78 is 7.83. The number of fused-ring (bicyclic) bond motifs is 6. The van der Waals surface area contributed by atoms with Gasteiger partial charge in [0.15, 0.2) is 0 Å². The van der Waals surface area contributed by atoms with Gasteiger partial charge in [-0.1, -0.05) is 155 Å². The van der Waals surface area contributed by atoms with Gasteiger partial charge < -0.3 is 19.3 Å². The highest BCUT2D eigenvalue weighted by Gasteiger charge is 2.46. The van der Waals surface area contributed by atoms with Crippen molar-refractivity contribution in [1.82, 2.24) is 4.57 Å². The molecule has 6 nitrogen and oxygen atoms in total. The molecule has 1 unspecified atom stereocenters. The molecule has 1 atom stereocenters. The van der Waals surface area contributed by atoms with Gasteiger partial charge in [0.05, 0.1) is 22.9 Å². The van der Waals surface area contributed by atoms with E-state index in [-0.39, 0.29) is 13.0 Å². The van der Waals surface area contributed by atoms with E-state index in [1.54, 1.807) is 0 Å². The fourth-order valence-electron chi connectivity index (χ4n) is 10.7. The highest BCUT2D eigenvalue weighted by molar-refractivity contribution is 6.10. The highest BCUT2D eigenvalue weighted by atomic mass is 16.5. The van der Waals surface area contributed by atoms with Gasteiger partial charge in [-0.3, -0.25) is 9.59 Å². The first-order chi connectivity index (χ1) is 33.6. The number of anilines is 3. The van der Waals surface area contributed by atoms with Gasteiger partial charge in [0.25, 0.3) is 6.47 Å². The third-order valence-electron chi connectivity index (χ3n) is 14.3. The minimum absolute atomic E-state index is 0.0646. The summed E-state index contributed by atoms with van der Waals surface area (Å²) in [6.07, 6.45) is 5.96. The smallest absolute Gasteiger partial charge is 0.304 e. The Morgan fingerprint density at radius 3 is 1.86 bits per heavy atom.